The molecule has 72 valence electrons. The molecule has 0 amide bonds. The first-order chi connectivity index (χ1) is 5.58. The normalized spacial score (nSPS) is 26.0. The molecular formula is C10H22N2. The van der Waals surface area contributed by atoms with Crippen molar-refractivity contribution in [3.63, 3.8) is 0 Å². The Kier molecular flexibility index (Phi) is 3.13. The zero-order valence-corrected chi connectivity index (χ0v) is 8.64. The molecule has 1 rings (SSSR count). The lowest BCUT2D eigenvalue weighted by molar-refractivity contribution is 0.121. The van der Waals surface area contributed by atoms with Crippen LogP contribution in [0.1, 0.15) is 40.0 Å². The van der Waals surface area contributed by atoms with E-state index >= 15 is 0 Å². The molecule has 1 fully saturated rings. The van der Waals surface area contributed by atoms with E-state index in [0.717, 1.165) is 13.0 Å². The number of hydrogen-bond donors (Lipinski definition) is 1. The topological polar surface area (TPSA) is 29.3 Å². The minimum Gasteiger partial charge on any atom is -0.330 e. The number of likely N-dealkylation sites (tertiary alicyclic amines) is 1. The van der Waals surface area contributed by atoms with E-state index < -0.39 is 0 Å². The highest BCUT2D eigenvalue weighted by atomic mass is 15.2. The molecule has 0 aromatic carbocycles. The summed E-state index contributed by atoms with van der Waals surface area (Å²) in [5.74, 6) is 0. The third-order valence-corrected chi connectivity index (χ3v) is 3.08. The summed E-state index contributed by atoms with van der Waals surface area (Å²) in [7, 11) is 0. The Morgan fingerprint density at radius 3 is 2.58 bits per heavy atom. The fourth-order valence-electron chi connectivity index (χ4n) is 2.34. The van der Waals surface area contributed by atoms with Gasteiger partial charge in [-0.2, -0.15) is 0 Å². The van der Waals surface area contributed by atoms with Gasteiger partial charge in [-0.3, -0.25) is 4.90 Å². The SMILES string of the molecule is CC(CCN)N1CCCC1(C)C. The molecule has 12 heavy (non-hydrogen) atoms. The minimum absolute atomic E-state index is 0.411. The van der Waals surface area contributed by atoms with Crippen molar-refractivity contribution >= 4 is 0 Å². The predicted octanol–water partition coefficient (Wildman–Crippen LogP) is 1.60. The fourth-order valence-corrected chi connectivity index (χ4v) is 2.34. The van der Waals surface area contributed by atoms with Crippen LogP contribution < -0.4 is 5.73 Å². The monoisotopic (exact) mass is 170 g/mol. The van der Waals surface area contributed by atoms with Crippen LogP contribution in [-0.2, 0) is 0 Å². The van der Waals surface area contributed by atoms with Gasteiger partial charge in [0.25, 0.3) is 0 Å². The minimum atomic E-state index is 0.411. The Morgan fingerprint density at radius 2 is 2.17 bits per heavy atom. The quantitative estimate of drug-likeness (QED) is 0.697. The van der Waals surface area contributed by atoms with Gasteiger partial charge in [0, 0.05) is 11.6 Å². The second kappa shape index (κ2) is 3.75. The molecule has 2 heteroatoms. The maximum atomic E-state index is 5.56. The molecule has 2 N–H and O–H groups in total. The lowest BCUT2D eigenvalue weighted by Gasteiger charge is -2.36. The standard InChI is InChI=1S/C10H22N2/c1-9(5-7-11)12-8-4-6-10(12,2)3/h9H,4-8,11H2,1-3H3. The highest BCUT2D eigenvalue weighted by Crippen LogP contribution is 2.30. The van der Waals surface area contributed by atoms with Gasteiger partial charge in [0.2, 0.25) is 0 Å². The summed E-state index contributed by atoms with van der Waals surface area (Å²) in [6, 6.07) is 0.660. The molecule has 0 aromatic rings. The third kappa shape index (κ3) is 1.99. The van der Waals surface area contributed by atoms with Crippen LogP contribution in [0.2, 0.25) is 0 Å². The molecule has 0 saturated carbocycles. The van der Waals surface area contributed by atoms with Gasteiger partial charge in [-0.05, 0) is 53.1 Å². The summed E-state index contributed by atoms with van der Waals surface area (Å²) in [6.07, 6.45) is 3.81. The van der Waals surface area contributed by atoms with Crippen LogP contribution in [0.15, 0.2) is 0 Å². The molecule has 1 atom stereocenters. The van der Waals surface area contributed by atoms with Crippen molar-refractivity contribution in [1.82, 2.24) is 4.90 Å². The molecule has 2 nitrogen and oxygen atoms in total. The lowest BCUT2D eigenvalue weighted by Crippen LogP contribution is -2.44. The number of hydrogen-bond acceptors (Lipinski definition) is 2. The molecule has 0 bridgehead atoms. The van der Waals surface area contributed by atoms with Gasteiger partial charge >= 0.3 is 0 Å². The van der Waals surface area contributed by atoms with E-state index in [-0.39, 0.29) is 0 Å². The molecule has 1 heterocycles. The second-order valence-corrected chi connectivity index (χ2v) is 4.54. The smallest absolute Gasteiger partial charge is 0.0156 e. The Morgan fingerprint density at radius 1 is 1.50 bits per heavy atom. The number of nitrogens with two attached hydrogens (primary N) is 1. The van der Waals surface area contributed by atoms with E-state index in [1.807, 2.05) is 0 Å². The van der Waals surface area contributed by atoms with Gasteiger partial charge in [-0.15, -0.1) is 0 Å². The molecule has 0 radical (unpaired) electrons. The summed E-state index contributed by atoms with van der Waals surface area (Å²) < 4.78 is 0. The molecule has 0 spiro atoms. The van der Waals surface area contributed by atoms with Gasteiger partial charge in [-0.25, -0.2) is 0 Å². The third-order valence-electron chi connectivity index (χ3n) is 3.08. The van der Waals surface area contributed by atoms with Gasteiger partial charge in [0.15, 0.2) is 0 Å². The lowest BCUT2D eigenvalue weighted by atomic mass is 10.00. The molecule has 1 aliphatic heterocycles. The second-order valence-electron chi connectivity index (χ2n) is 4.54. The average molecular weight is 170 g/mol. The molecule has 1 aliphatic rings. The zero-order chi connectivity index (χ0) is 9.19. The molecule has 1 unspecified atom stereocenters. The van der Waals surface area contributed by atoms with Crippen molar-refractivity contribution < 1.29 is 0 Å². The van der Waals surface area contributed by atoms with Crippen molar-refractivity contribution in [3.8, 4) is 0 Å². The Balaban J connectivity index is 2.50. The van der Waals surface area contributed by atoms with E-state index in [0.29, 0.717) is 11.6 Å². The van der Waals surface area contributed by atoms with Crippen LogP contribution in [0.3, 0.4) is 0 Å². The van der Waals surface area contributed by atoms with Crippen molar-refractivity contribution in [1.29, 1.82) is 0 Å². The predicted molar refractivity (Wildman–Crippen MR) is 53.2 cm³/mol. The number of nitrogens with zero attached hydrogens (tertiary/aromatic N) is 1. The van der Waals surface area contributed by atoms with Gasteiger partial charge in [-0.1, -0.05) is 0 Å². The number of rotatable bonds is 3. The van der Waals surface area contributed by atoms with E-state index in [1.54, 1.807) is 0 Å². The Labute approximate surface area is 76.1 Å². The first-order valence-corrected chi connectivity index (χ1v) is 5.05. The summed E-state index contributed by atoms with van der Waals surface area (Å²) in [5, 5.41) is 0. The van der Waals surface area contributed by atoms with Crippen LogP contribution in [0.4, 0.5) is 0 Å². The molecule has 0 aromatic heterocycles. The van der Waals surface area contributed by atoms with Crippen molar-refractivity contribution in [2.24, 2.45) is 5.73 Å². The van der Waals surface area contributed by atoms with Gasteiger partial charge in [0.05, 0.1) is 0 Å². The van der Waals surface area contributed by atoms with Crippen LogP contribution in [0.25, 0.3) is 0 Å². The van der Waals surface area contributed by atoms with Crippen LogP contribution in [-0.4, -0.2) is 29.6 Å². The average Bonchev–Trinajstić information content (AvgIpc) is 2.30. The first-order valence-electron chi connectivity index (χ1n) is 5.05. The summed E-state index contributed by atoms with van der Waals surface area (Å²) in [4.78, 5) is 2.60. The molecule has 0 aliphatic carbocycles. The van der Waals surface area contributed by atoms with E-state index in [2.05, 4.69) is 25.7 Å². The largest absolute Gasteiger partial charge is 0.330 e. The fraction of sp³-hybridized carbons (Fsp3) is 1.00. The maximum Gasteiger partial charge on any atom is 0.0156 e. The Hall–Kier alpha value is -0.0800. The molecular weight excluding hydrogens is 148 g/mol. The van der Waals surface area contributed by atoms with E-state index in [4.69, 9.17) is 5.73 Å². The summed E-state index contributed by atoms with van der Waals surface area (Å²) in [5.41, 5.74) is 5.97. The van der Waals surface area contributed by atoms with Crippen molar-refractivity contribution in [3.05, 3.63) is 0 Å². The first kappa shape index (κ1) is 10.0. The Bertz CT molecular complexity index is 143. The highest BCUT2D eigenvalue weighted by Gasteiger charge is 2.34. The summed E-state index contributed by atoms with van der Waals surface area (Å²) >= 11 is 0. The maximum absolute atomic E-state index is 5.56. The van der Waals surface area contributed by atoms with Crippen LogP contribution >= 0.6 is 0 Å². The van der Waals surface area contributed by atoms with Crippen LogP contribution in [0, 0.1) is 0 Å². The highest BCUT2D eigenvalue weighted by molar-refractivity contribution is 4.90. The van der Waals surface area contributed by atoms with E-state index in [9.17, 15) is 0 Å². The zero-order valence-electron chi connectivity index (χ0n) is 8.64. The molecule has 1 saturated heterocycles. The van der Waals surface area contributed by atoms with Crippen molar-refractivity contribution in [2.75, 3.05) is 13.1 Å². The van der Waals surface area contributed by atoms with Gasteiger partial charge < -0.3 is 5.73 Å². The van der Waals surface area contributed by atoms with Gasteiger partial charge in [0.1, 0.15) is 0 Å². The van der Waals surface area contributed by atoms with Crippen molar-refractivity contribution in [2.45, 2.75) is 51.6 Å². The van der Waals surface area contributed by atoms with E-state index in [1.165, 1.54) is 19.4 Å². The van der Waals surface area contributed by atoms with Crippen LogP contribution in [0.5, 0.6) is 0 Å². The summed E-state index contributed by atoms with van der Waals surface area (Å²) in [6.45, 7) is 9.04.